The van der Waals surface area contributed by atoms with Gasteiger partial charge < -0.3 is 4.79 Å². The van der Waals surface area contributed by atoms with Crippen LogP contribution in [0, 0.1) is 0 Å². The summed E-state index contributed by atoms with van der Waals surface area (Å²) in [6.07, 6.45) is -4.82. The van der Waals surface area contributed by atoms with Gasteiger partial charge in [0, 0.05) is 5.56 Å². The Kier molecular flexibility index (Phi) is 3.24. The quantitative estimate of drug-likeness (QED) is 0.442. The van der Waals surface area contributed by atoms with Crippen LogP contribution in [0.3, 0.4) is 0 Å². The predicted octanol–water partition coefficient (Wildman–Crippen LogP) is 2.48. The van der Waals surface area contributed by atoms with Crippen molar-refractivity contribution in [2.24, 2.45) is 0 Å². The van der Waals surface area contributed by atoms with E-state index in [9.17, 15) is 22.8 Å². The minimum atomic E-state index is -4.57. The largest absolute Gasteiger partial charge is 0.417 e. The number of ketones is 1. The summed E-state index contributed by atoms with van der Waals surface area (Å²) < 4.78 is 37.2. The molecule has 1 aromatic carbocycles. The third kappa shape index (κ3) is 2.65. The van der Waals surface area contributed by atoms with Crippen molar-refractivity contribution in [2.45, 2.75) is 12.6 Å². The summed E-state index contributed by atoms with van der Waals surface area (Å²) in [4.78, 5) is 21.2. The highest BCUT2D eigenvalue weighted by atomic mass is 19.4. The highest BCUT2D eigenvalue weighted by Crippen LogP contribution is 2.32. The highest BCUT2D eigenvalue weighted by Gasteiger charge is 2.34. The molecule has 80 valence electrons. The smallest absolute Gasteiger partial charge is 0.303 e. The Labute approximate surface area is 83.7 Å². The normalized spacial score (nSPS) is 11.1. The van der Waals surface area contributed by atoms with E-state index in [4.69, 9.17) is 0 Å². The van der Waals surface area contributed by atoms with Crippen LogP contribution in [0.4, 0.5) is 13.2 Å². The molecule has 0 aromatic heterocycles. The van der Waals surface area contributed by atoms with Gasteiger partial charge in [0.1, 0.15) is 6.29 Å². The number of hydrogen-bond acceptors (Lipinski definition) is 2. The molecule has 0 unspecified atom stereocenters. The number of carbonyl (C=O) groups excluding carboxylic acids is 2. The lowest BCUT2D eigenvalue weighted by Crippen LogP contribution is -2.13. The van der Waals surface area contributed by atoms with Crippen LogP contribution in [0.15, 0.2) is 24.3 Å². The Morgan fingerprint density at radius 3 is 2.40 bits per heavy atom. The lowest BCUT2D eigenvalue weighted by atomic mass is 10.0. The first-order valence-electron chi connectivity index (χ1n) is 4.10. The Morgan fingerprint density at radius 1 is 1.27 bits per heavy atom. The van der Waals surface area contributed by atoms with E-state index < -0.39 is 29.5 Å². The van der Waals surface area contributed by atoms with Crippen molar-refractivity contribution >= 4 is 12.1 Å². The van der Waals surface area contributed by atoms with E-state index in [0.717, 1.165) is 12.1 Å². The maximum atomic E-state index is 12.4. The second kappa shape index (κ2) is 4.25. The van der Waals surface area contributed by atoms with Crippen LogP contribution in [-0.4, -0.2) is 12.1 Å². The molecule has 0 heterocycles. The fraction of sp³-hybridized carbons (Fsp3) is 0.200. The third-order valence-corrected chi connectivity index (χ3v) is 1.80. The fourth-order valence-electron chi connectivity index (χ4n) is 1.16. The molecule has 0 bridgehead atoms. The zero-order chi connectivity index (χ0) is 11.5. The van der Waals surface area contributed by atoms with Crippen molar-refractivity contribution < 1.29 is 22.8 Å². The molecule has 2 nitrogen and oxygen atoms in total. The number of carbonyl (C=O) groups is 2. The monoisotopic (exact) mass is 216 g/mol. The molecule has 0 radical (unpaired) electrons. The Bertz CT molecular complexity index is 382. The maximum absolute atomic E-state index is 12.4. The summed E-state index contributed by atoms with van der Waals surface area (Å²) in [5, 5.41) is 0. The minimum Gasteiger partial charge on any atom is -0.303 e. The molecule has 0 spiro atoms. The van der Waals surface area contributed by atoms with Crippen molar-refractivity contribution in [1.29, 1.82) is 0 Å². The number of alkyl halides is 3. The first-order chi connectivity index (χ1) is 6.96. The van der Waals surface area contributed by atoms with Crippen molar-refractivity contribution in [2.75, 3.05) is 0 Å². The van der Waals surface area contributed by atoms with Gasteiger partial charge in [-0.05, 0) is 6.07 Å². The number of Topliss-reactive ketones (excluding diaryl/α,β-unsaturated/α-hetero) is 1. The minimum absolute atomic E-state index is 0.287. The van der Waals surface area contributed by atoms with Crippen molar-refractivity contribution in [3.63, 3.8) is 0 Å². The highest BCUT2D eigenvalue weighted by molar-refractivity contribution is 6.03. The zero-order valence-corrected chi connectivity index (χ0v) is 7.54. The van der Waals surface area contributed by atoms with E-state index in [1.165, 1.54) is 12.1 Å². The van der Waals surface area contributed by atoms with Gasteiger partial charge in [-0.3, -0.25) is 4.79 Å². The van der Waals surface area contributed by atoms with E-state index in [1.807, 2.05) is 0 Å². The van der Waals surface area contributed by atoms with Gasteiger partial charge in [-0.15, -0.1) is 0 Å². The fourth-order valence-corrected chi connectivity index (χ4v) is 1.16. The number of rotatable bonds is 3. The van der Waals surface area contributed by atoms with Crippen LogP contribution in [-0.2, 0) is 11.0 Å². The molecule has 5 heteroatoms. The van der Waals surface area contributed by atoms with Gasteiger partial charge in [-0.1, -0.05) is 18.2 Å². The first-order valence-corrected chi connectivity index (χ1v) is 4.10. The summed E-state index contributed by atoms with van der Waals surface area (Å²) in [5.41, 5.74) is -1.46. The van der Waals surface area contributed by atoms with Crippen LogP contribution in [0.1, 0.15) is 22.3 Å². The second-order valence-corrected chi connectivity index (χ2v) is 2.84. The summed E-state index contributed by atoms with van der Waals surface area (Å²) in [6, 6.07) is 4.40. The average molecular weight is 216 g/mol. The molecular weight excluding hydrogens is 209 g/mol. The second-order valence-electron chi connectivity index (χ2n) is 2.84. The van der Waals surface area contributed by atoms with E-state index in [1.54, 1.807) is 0 Å². The lowest BCUT2D eigenvalue weighted by Gasteiger charge is -2.10. The van der Waals surface area contributed by atoms with Gasteiger partial charge in [-0.2, -0.15) is 13.2 Å². The van der Waals surface area contributed by atoms with Gasteiger partial charge in [0.15, 0.2) is 5.78 Å². The van der Waals surface area contributed by atoms with Gasteiger partial charge in [0.2, 0.25) is 0 Å². The number of halogens is 3. The van der Waals surface area contributed by atoms with Crippen molar-refractivity contribution in [3.8, 4) is 0 Å². The molecule has 0 aliphatic rings. The number of hydrogen-bond donors (Lipinski definition) is 0. The standard InChI is InChI=1S/C10H7F3O2/c11-10(12,13)8-4-2-1-3-7(8)9(15)5-6-14/h1-4,6H,5H2. The first kappa shape index (κ1) is 11.4. The average Bonchev–Trinajstić information content (AvgIpc) is 2.17. The lowest BCUT2D eigenvalue weighted by molar-refractivity contribution is -0.138. The van der Waals surface area contributed by atoms with E-state index in [-0.39, 0.29) is 6.29 Å². The molecule has 0 amide bonds. The molecule has 1 rings (SSSR count). The summed E-state index contributed by atoms with van der Waals surface area (Å²) in [7, 11) is 0. The zero-order valence-electron chi connectivity index (χ0n) is 7.54. The molecule has 0 N–H and O–H groups in total. The number of aldehydes is 1. The van der Waals surface area contributed by atoms with Gasteiger partial charge in [-0.25, -0.2) is 0 Å². The van der Waals surface area contributed by atoms with E-state index in [0.29, 0.717) is 0 Å². The summed E-state index contributed by atoms with van der Waals surface area (Å²) in [6.45, 7) is 0. The SMILES string of the molecule is O=CCC(=O)c1ccccc1C(F)(F)F. The maximum Gasteiger partial charge on any atom is 0.417 e. The number of benzene rings is 1. The molecule has 0 atom stereocenters. The van der Waals surface area contributed by atoms with E-state index in [2.05, 4.69) is 0 Å². The predicted molar refractivity (Wildman–Crippen MR) is 46.5 cm³/mol. The van der Waals surface area contributed by atoms with Crippen molar-refractivity contribution in [1.82, 2.24) is 0 Å². The van der Waals surface area contributed by atoms with Crippen LogP contribution < -0.4 is 0 Å². The van der Waals surface area contributed by atoms with Gasteiger partial charge in [0.05, 0.1) is 12.0 Å². The molecular formula is C10H7F3O2. The van der Waals surface area contributed by atoms with Crippen LogP contribution in [0.25, 0.3) is 0 Å². The molecule has 0 aliphatic heterocycles. The third-order valence-electron chi connectivity index (χ3n) is 1.80. The topological polar surface area (TPSA) is 34.1 Å². The Morgan fingerprint density at radius 2 is 1.87 bits per heavy atom. The van der Waals surface area contributed by atoms with Crippen LogP contribution in [0.5, 0.6) is 0 Å². The molecule has 0 saturated heterocycles. The van der Waals surface area contributed by atoms with Gasteiger partial charge in [0.25, 0.3) is 0 Å². The molecule has 0 saturated carbocycles. The van der Waals surface area contributed by atoms with E-state index >= 15 is 0 Å². The summed E-state index contributed by atoms with van der Waals surface area (Å²) in [5.74, 6) is -0.821. The molecule has 15 heavy (non-hydrogen) atoms. The molecule has 1 aromatic rings. The Hall–Kier alpha value is -1.65. The molecule has 0 aliphatic carbocycles. The molecule has 0 fully saturated rings. The van der Waals surface area contributed by atoms with Crippen LogP contribution in [0.2, 0.25) is 0 Å². The van der Waals surface area contributed by atoms with Crippen LogP contribution >= 0.6 is 0 Å². The summed E-state index contributed by atoms with van der Waals surface area (Å²) >= 11 is 0. The van der Waals surface area contributed by atoms with Gasteiger partial charge >= 0.3 is 6.18 Å². The Balaban J connectivity index is 3.18. The van der Waals surface area contributed by atoms with Crippen molar-refractivity contribution in [3.05, 3.63) is 35.4 Å².